The zero-order valence-electron chi connectivity index (χ0n) is 8.31. The van der Waals surface area contributed by atoms with E-state index in [1.165, 1.54) is 19.1 Å². The van der Waals surface area contributed by atoms with E-state index < -0.39 is 17.2 Å². The van der Waals surface area contributed by atoms with Crippen LogP contribution in [-0.2, 0) is 5.54 Å². The maximum atomic E-state index is 13.6. The first-order valence-electron chi connectivity index (χ1n) is 4.49. The fourth-order valence-electron chi connectivity index (χ4n) is 1.63. The van der Waals surface area contributed by atoms with Crippen LogP contribution in [0, 0.1) is 18.6 Å². The third-order valence-electron chi connectivity index (χ3n) is 2.74. The number of benzene rings is 1. The van der Waals surface area contributed by atoms with E-state index in [0.717, 1.165) is 0 Å². The molecule has 0 bridgehead atoms. The number of halogens is 3. The molecule has 0 saturated carbocycles. The van der Waals surface area contributed by atoms with Crippen molar-refractivity contribution < 1.29 is 8.78 Å². The van der Waals surface area contributed by atoms with Gasteiger partial charge in [-0.05, 0) is 13.0 Å². The van der Waals surface area contributed by atoms with E-state index in [1.807, 2.05) is 0 Å². The minimum atomic E-state index is -0.664. The highest BCUT2D eigenvalue weighted by atomic mass is 35.5. The average molecular weight is 235 g/mol. The SMILES string of the molecule is Cc1c(F)ccc(C2(N)CNC2)c1F.Cl. The third kappa shape index (κ3) is 1.85. The van der Waals surface area contributed by atoms with Crippen LogP contribution in [0.3, 0.4) is 0 Å². The van der Waals surface area contributed by atoms with Gasteiger partial charge in [-0.25, -0.2) is 8.78 Å². The van der Waals surface area contributed by atoms with Crippen molar-refractivity contribution >= 4 is 12.4 Å². The highest BCUT2D eigenvalue weighted by Crippen LogP contribution is 2.27. The van der Waals surface area contributed by atoms with Crippen LogP contribution < -0.4 is 11.1 Å². The molecule has 1 aromatic carbocycles. The maximum absolute atomic E-state index is 13.6. The molecule has 0 atom stereocenters. The number of hydrogen-bond donors (Lipinski definition) is 2. The summed E-state index contributed by atoms with van der Waals surface area (Å²) in [5.74, 6) is -1.05. The Kier molecular flexibility index (Phi) is 3.33. The van der Waals surface area contributed by atoms with Crippen molar-refractivity contribution in [1.82, 2.24) is 5.32 Å². The fourth-order valence-corrected chi connectivity index (χ4v) is 1.63. The van der Waals surface area contributed by atoms with Crippen LogP contribution in [0.4, 0.5) is 8.78 Å². The third-order valence-corrected chi connectivity index (χ3v) is 2.74. The first-order valence-corrected chi connectivity index (χ1v) is 4.49. The van der Waals surface area contributed by atoms with E-state index in [-0.39, 0.29) is 18.0 Å². The van der Waals surface area contributed by atoms with Gasteiger partial charge in [0.1, 0.15) is 11.6 Å². The lowest BCUT2D eigenvalue weighted by molar-refractivity contribution is 0.276. The molecular formula is C10H13ClF2N2. The van der Waals surface area contributed by atoms with Crippen LogP contribution in [0.2, 0.25) is 0 Å². The monoisotopic (exact) mass is 234 g/mol. The lowest BCUT2D eigenvalue weighted by Gasteiger charge is -2.39. The molecule has 2 nitrogen and oxygen atoms in total. The lowest BCUT2D eigenvalue weighted by Crippen LogP contribution is -2.63. The van der Waals surface area contributed by atoms with E-state index in [2.05, 4.69) is 5.32 Å². The summed E-state index contributed by atoms with van der Waals surface area (Å²) < 4.78 is 26.6. The van der Waals surface area contributed by atoms with E-state index in [9.17, 15) is 8.78 Å². The predicted molar refractivity (Wildman–Crippen MR) is 57.1 cm³/mol. The molecule has 5 heteroatoms. The van der Waals surface area contributed by atoms with Gasteiger partial charge in [0, 0.05) is 24.2 Å². The standard InChI is InChI=1S/C10H12F2N2.ClH/c1-6-8(11)3-2-7(9(6)12)10(13)4-14-5-10;/h2-3,14H,4-5,13H2,1H3;1H. The van der Waals surface area contributed by atoms with Crippen molar-refractivity contribution in [2.45, 2.75) is 12.5 Å². The minimum absolute atomic E-state index is 0. The number of rotatable bonds is 1. The van der Waals surface area contributed by atoms with Crippen molar-refractivity contribution in [3.05, 3.63) is 34.9 Å². The fraction of sp³-hybridized carbons (Fsp3) is 0.400. The van der Waals surface area contributed by atoms with Crippen LogP contribution >= 0.6 is 12.4 Å². The van der Waals surface area contributed by atoms with Crippen molar-refractivity contribution in [1.29, 1.82) is 0 Å². The summed E-state index contributed by atoms with van der Waals surface area (Å²) in [7, 11) is 0. The number of nitrogens with two attached hydrogens (primary N) is 1. The molecule has 1 aromatic rings. The quantitative estimate of drug-likeness (QED) is 0.772. The molecule has 15 heavy (non-hydrogen) atoms. The maximum Gasteiger partial charge on any atom is 0.134 e. The zero-order chi connectivity index (χ0) is 10.3. The zero-order valence-corrected chi connectivity index (χ0v) is 9.13. The Morgan fingerprint density at radius 2 is 1.93 bits per heavy atom. The smallest absolute Gasteiger partial charge is 0.134 e. The largest absolute Gasteiger partial charge is 0.319 e. The molecule has 0 radical (unpaired) electrons. The Labute approximate surface area is 93.3 Å². The Bertz CT molecular complexity index is 378. The van der Waals surface area contributed by atoms with Crippen LogP contribution in [0.5, 0.6) is 0 Å². The van der Waals surface area contributed by atoms with Gasteiger partial charge in [-0.2, -0.15) is 0 Å². The Morgan fingerprint density at radius 1 is 1.33 bits per heavy atom. The lowest BCUT2D eigenvalue weighted by atomic mass is 9.84. The molecular weight excluding hydrogens is 222 g/mol. The van der Waals surface area contributed by atoms with Gasteiger partial charge < -0.3 is 11.1 Å². The molecule has 0 unspecified atom stereocenters. The second-order valence-electron chi connectivity index (χ2n) is 3.79. The van der Waals surface area contributed by atoms with E-state index in [1.54, 1.807) is 0 Å². The summed E-state index contributed by atoms with van der Waals surface area (Å²) in [6.07, 6.45) is 0. The molecule has 1 aliphatic heterocycles. The van der Waals surface area contributed by atoms with Crippen molar-refractivity contribution in [2.75, 3.05) is 13.1 Å². The molecule has 84 valence electrons. The second kappa shape index (κ2) is 4.04. The number of hydrogen-bond acceptors (Lipinski definition) is 2. The normalized spacial score (nSPS) is 17.9. The summed E-state index contributed by atoms with van der Waals surface area (Å²) in [5.41, 5.74) is 5.69. The highest BCUT2D eigenvalue weighted by molar-refractivity contribution is 5.85. The van der Waals surface area contributed by atoms with Crippen molar-refractivity contribution in [2.24, 2.45) is 5.73 Å². The molecule has 1 fully saturated rings. The van der Waals surface area contributed by atoms with Gasteiger partial charge in [0.2, 0.25) is 0 Å². The van der Waals surface area contributed by atoms with Crippen molar-refractivity contribution in [3.63, 3.8) is 0 Å². The average Bonchev–Trinajstić information content (AvgIpc) is 2.11. The summed E-state index contributed by atoms with van der Waals surface area (Å²) in [6.45, 7) is 2.49. The molecule has 0 aliphatic carbocycles. The Balaban J connectivity index is 0.00000112. The van der Waals surface area contributed by atoms with E-state index in [4.69, 9.17) is 5.73 Å². The van der Waals surface area contributed by atoms with E-state index >= 15 is 0 Å². The molecule has 0 aromatic heterocycles. The molecule has 1 heterocycles. The predicted octanol–water partition coefficient (Wildman–Crippen LogP) is 1.45. The van der Waals surface area contributed by atoms with Crippen LogP contribution in [-0.4, -0.2) is 13.1 Å². The molecule has 2 rings (SSSR count). The van der Waals surface area contributed by atoms with Crippen LogP contribution in [0.25, 0.3) is 0 Å². The Hall–Kier alpha value is -0.710. The van der Waals surface area contributed by atoms with Gasteiger partial charge in [0.05, 0.1) is 5.54 Å². The summed E-state index contributed by atoms with van der Waals surface area (Å²) >= 11 is 0. The Morgan fingerprint density at radius 3 is 2.40 bits per heavy atom. The molecule has 1 saturated heterocycles. The highest BCUT2D eigenvalue weighted by Gasteiger charge is 2.37. The molecule has 3 N–H and O–H groups in total. The van der Waals surface area contributed by atoms with Gasteiger partial charge in [-0.1, -0.05) is 6.07 Å². The summed E-state index contributed by atoms with van der Waals surface area (Å²) in [5, 5.41) is 2.98. The summed E-state index contributed by atoms with van der Waals surface area (Å²) in [6, 6.07) is 2.69. The van der Waals surface area contributed by atoms with Crippen molar-refractivity contribution in [3.8, 4) is 0 Å². The van der Waals surface area contributed by atoms with Crippen LogP contribution in [0.1, 0.15) is 11.1 Å². The molecule has 0 amide bonds. The molecule has 1 aliphatic rings. The number of nitrogens with one attached hydrogen (secondary N) is 1. The van der Waals surface area contributed by atoms with Gasteiger partial charge in [-0.3, -0.25) is 0 Å². The summed E-state index contributed by atoms with van der Waals surface area (Å²) in [4.78, 5) is 0. The first kappa shape index (κ1) is 12.4. The van der Waals surface area contributed by atoms with Gasteiger partial charge >= 0.3 is 0 Å². The topological polar surface area (TPSA) is 38.0 Å². The second-order valence-corrected chi connectivity index (χ2v) is 3.79. The van der Waals surface area contributed by atoms with Crippen LogP contribution in [0.15, 0.2) is 12.1 Å². The van der Waals surface area contributed by atoms with Gasteiger partial charge in [-0.15, -0.1) is 12.4 Å². The molecule has 0 spiro atoms. The van der Waals surface area contributed by atoms with Gasteiger partial charge in [0.25, 0.3) is 0 Å². The van der Waals surface area contributed by atoms with E-state index in [0.29, 0.717) is 18.7 Å². The van der Waals surface area contributed by atoms with Gasteiger partial charge in [0.15, 0.2) is 0 Å². The minimum Gasteiger partial charge on any atom is -0.319 e. The first-order chi connectivity index (χ1) is 6.54.